The number of rotatable bonds is 3. The minimum Gasteiger partial charge on any atom is -0.466 e. The van der Waals surface area contributed by atoms with Crippen LogP contribution in [0.3, 0.4) is 0 Å². The van der Waals surface area contributed by atoms with Gasteiger partial charge in [0.1, 0.15) is 0 Å². The zero-order chi connectivity index (χ0) is 17.1. The smallest absolute Gasteiger partial charge is 0.346 e. The molecule has 0 saturated carbocycles. The first-order chi connectivity index (χ1) is 11.6. The summed E-state index contributed by atoms with van der Waals surface area (Å²) in [5.74, 6) is -1.04. The van der Waals surface area contributed by atoms with Crippen LogP contribution >= 0.6 is 0 Å². The van der Waals surface area contributed by atoms with Gasteiger partial charge < -0.3 is 9.47 Å². The highest BCUT2D eigenvalue weighted by atomic mass is 16.6. The number of pyridine rings is 1. The first-order valence-corrected chi connectivity index (χ1v) is 8.31. The minimum atomic E-state index is -0.934. The molecule has 0 N–H and O–H groups in total. The van der Waals surface area contributed by atoms with Crippen LogP contribution in [0.15, 0.2) is 24.3 Å². The number of aromatic nitrogens is 1. The lowest BCUT2D eigenvalue weighted by Crippen LogP contribution is -2.26. The zero-order valence-corrected chi connectivity index (χ0v) is 14.0. The second-order valence-corrected chi connectivity index (χ2v) is 6.06. The number of benzene rings is 1. The Morgan fingerprint density at radius 1 is 1.12 bits per heavy atom. The lowest BCUT2D eigenvalue weighted by atomic mass is 9.97. The molecule has 126 valence electrons. The number of ether oxygens (including phenoxy) is 2. The van der Waals surface area contributed by atoms with Crippen molar-refractivity contribution in [3.63, 3.8) is 0 Å². The van der Waals surface area contributed by atoms with Crippen LogP contribution in [0.5, 0.6) is 0 Å². The van der Waals surface area contributed by atoms with Gasteiger partial charge in [0.2, 0.25) is 0 Å². The fraction of sp³-hybridized carbons (Fsp3) is 0.421. The Balaban J connectivity index is 2.09. The number of esters is 2. The van der Waals surface area contributed by atoms with E-state index in [1.54, 1.807) is 0 Å². The Bertz CT molecular complexity index is 784. The number of aryl methyl sites for hydroxylation is 1. The van der Waals surface area contributed by atoms with Gasteiger partial charge in [-0.15, -0.1) is 0 Å². The highest BCUT2D eigenvalue weighted by molar-refractivity contribution is 6.05. The molecule has 0 bridgehead atoms. The van der Waals surface area contributed by atoms with Crippen molar-refractivity contribution in [1.82, 2.24) is 4.98 Å². The van der Waals surface area contributed by atoms with E-state index in [0.29, 0.717) is 5.56 Å². The Labute approximate surface area is 141 Å². The van der Waals surface area contributed by atoms with E-state index in [9.17, 15) is 9.59 Å². The van der Waals surface area contributed by atoms with Crippen molar-refractivity contribution in [2.75, 3.05) is 7.11 Å². The lowest BCUT2D eigenvalue weighted by molar-refractivity contribution is -0.149. The molecule has 0 amide bonds. The molecule has 1 aromatic heterocycles. The van der Waals surface area contributed by atoms with E-state index in [-0.39, 0.29) is 0 Å². The largest absolute Gasteiger partial charge is 0.466 e. The van der Waals surface area contributed by atoms with E-state index in [1.165, 1.54) is 14.0 Å². The highest BCUT2D eigenvalue weighted by Gasteiger charge is 2.26. The van der Waals surface area contributed by atoms with Gasteiger partial charge >= 0.3 is 11.9 Å². The van der Waals surface area contributed by atoms with E-state index in [1.807, 2.05) is 24.3 Å². The third-order valence-corrected chi connectivity index (χ3v) is 4.44. The molecule has 1 aliphatic carbocycles. The number of hydrogen-bond donors (Lipinski definition) is 0. The van der Waals surface area contributed by atoms with E-state index in [2.05, 4.69) is 4.74 Å². The molecule has 5 nitrogen and oxygen atoms in total. The third kappa shape index (κ3) is 3.11. The van der Waals surface area contributed by atoms with E-state index < -0.39 is 18.0 Å². The Hall–Kier alpha value is -2.43. The van der Waals surface area contributed by atoms with Crippen molar-refractivity contribution in [3.8, 4) is 0 Å². The van der Waals surface area contributed by atoms with Gasteiger partial charge in [0.25, 0.3) is 0 Å². The SMILES string of the molecule is COC(=O)[C@H](C)OC(=O)c1c2c(nc3ccccc13)CCCCC2. The Morgan fingerprint density at radius 3 is 2.67 bits per heavy atom. The standard InChI is InChI=1S/C19H21NO4/c1-12(18(21)23-2)24-19(22)17-13-8-4-3-5-10-15(13)20-16-11-7-6-9-14(16)17/h6-7,9,11-12H,3-5,8,10H2,1-2H3/t12-/m0/s1. The molecule has 1 aromatic carbocycles. The summed E-state index contributed by atoms with van der Waals surface area (Å²) in [4.78, 5) is 29.1. The first kappa shape index (κ1) is 16.4. The van der Waals surface area contributed by atoms with Crippen molar-refractivity contribution < 1.29 is 19.1 Å². The summed E-state index contributed by atoms with van der Waals surface area (Å²) in [7, 11) is 1.28. The van der Waals surface area contributed by atoms with Crippen LogP contribution in [0.1, 0.15) is 47.8 Å². The average Bonchev–Trinajstić information content (AvgIpc) is 2.83. The summed E-state index contributed by atoms with van der Waals surface area (Å²) in [5.41, 5.74) is 3.28. The Kier molecular flexibility index (Phi) is 4.79. The molecule has 3 rings (SSSR count). The number of fused-ring (bicyclic) bond motifs is 2. The molecule has 2 aromatic rings. The Morgan fingerprint density at radius 2 is 1.88 bits per heavy atom. The van der Waals surface area contributed by atoms with Gasteiger partial charge in [0.15, 0.2) is 6.10 Å². The number of nitrogens with zero attached hydrogens (tertiary/aromatic N) is 1. The summed E-state index contributed by atoms with van der Waals surface area (Å²) in [6.07, 6.45) is 3.97. The molecule has 0 fully saturated rings. The molecule has 24 heavy (non-hydrogen) atoms. The molecular formula is C19H21NO4. The number of para-hydroxylation sites is 1. The molecular weight excluding hydrogens is 306 g/mol. The van der Waals surface area contributed by atoms with Gasteiger partial charge in [-0.05, 0) is 44.2 Å². The predicted octanol–water partition coefficient (Wildman–Crippen LogP) is 3.22. The number of hydrogen-bond acceptors (Lipinski definition) is 5. The van der Waals surface area contributed by atoms with Crippen molar-refractivity contribution in [3.05, 3.63) is 41.1 Å². The summed E-state index contributed by atoms with van der Waals surface area (Å²) in [5, 5.41) is 0.778. The quantitative estimate of drug-likeness (QED) is 0.640. The van der Waals surface area contributed by atoms with Gasteiger partial charge in [0.05, 0.1) is 18.2 Å². The molecule has 0 aliphatic heterocycles. The average molecular weight is 327 g/mol. The van der Waals surface area contributed by atoms with Crippen LogP contribution in [0.4, 0.5) is 0 Å². The van der Waals surface area contributed by atoms with E-state index in [0.717, 1.165) is 54.3 Å². The van der Waals surface area contributed by atoms with Crippen LogP contribution < -0.4 is 0 Å². The van der Waals surface area contributed by atoms with Crippen LogP contribution in [0.25, 0.3) is 10.9 Å². The molecule has 1 aliphatic rings. The molecule has 0 spiro atoms. The van der Waals surface area contributed by atoms with Crippen molar-refractivity contribution in [2.45, 2.75) is 45.1 Å². The molecule has 1 heterocycles. The minimum absolute atomic E-state index is 0.482. The van der Waals surface area contributed by atoms with Gasteiger partial charge in [-0.25, -0.2) is 9.59 Å². The monoisotopic (exact) mass is 327 g/mol. The summed E-state index contributed by atoms with van der Waals surface area (Å²) in [6.45, 7) is 1.52. The first-order valence-electron chi connectivity index (χ1n) is 8.31. The zero-order valence-electron chi connectivity index (χ0n) is 14.0. The fourth-order valence-electron chi connectivity index (χ4n) is 3.22. The van der Waals surface area contributed by atoms with Crippen LogP contribution in [-0.2, 0) is 27.1 Å². The second kappa shape index (κ2) is 6.99. The van der Waals surface area contributed by atoms with E-state index in [4.69, 9.17) is 9.72 Å². The molecule has 1 atom stereocenters. The lowest BCUT2D eigenvalue weighted by Gasteiger charge is -2.16. The second-order valence-electron chi connectivity index (χ2n) is 6.06. The van der Waals surface area contributed by atoms with Gasteiger partial charge in [-0.2, -0.15) is 0 Å². The van der Waals surface area contributed by atoms with Crippen LogP contribution in [0, 0.1) is 0 Å². The number of methoxy groups -OCH3 is 1. The van der Waals surface area contributed by atoms with E-state index >= 15 is 0 Å². The van der Waals surface area contributed by atoms with Gasteiger partial charge in [-0.3, -0.25) is 4.98 Å². The van der Waals surface area contributed by atoms with Crippen LogP contribution in [-0.4, -0.2) is 30.1 Å². The molecule has 0 unspecified atom stereocenters. The summed E-state index contributed by atoms with van der Waals surface area (Å²) >= 11 is 0. The number of carbonyl (C=O) groups excluding carboxylic acids is 2. The maximum Gasteiger partial charge on any atom is 0.346 e. The number of carbonyl (C=O) groups is 2. The third-order valence-electron chi connectivity index (χ3n) is 4.44. The summed E-state index contributed by atoms with van der Waals surface area (Å²) in [6, 6.07) is 7.58. The van der Waals surface area contributed by atoms with Crippen molar-refractivity contribution >= 4 is 22.8 Å². The van der Waals surface area contributed by atoms with Crippen molar-refractivity contribution in [1.29, 1.82) is 0 Å². The molecule has 5 heteroatoms. The molecule has 0 radical (unpaired) electrons. The topological polar surface area (TPSA) is 65.5 Å². The normalized spacial score (nSPS) is 15.2. The summed E-state index contributed by atoms with van der Waals surface area (Å²) < 4.78 is 10.0. The van der Waals surface area contributed by atoms with Crippen LogP contribution in [0.2, 0.25) is 0 Å². The van der Waals surface area contributed by atoms with Crippen molar-refractivity contribution in [2.24, 2.45) is 0 Å². The maximum atomic E-state index is 12.8. The fourth-order valence-corrected chi connectivity index (χ4v) is 3.22. The maximum absolute atomic E-state index is 12.8. The molecule has 0 saturated heterocycles. The predicted molar refractivity (Wildman–Crippen MR) is 89.9 cm³/mol. The van der Waals surface area contributed by atoms with Gasteiger partial charge in [-0.1, -0.05) is 24.6 Å². The highest BCUT2D eigenvalue weighted by Crippen LogP contribution is 2.29. The van der Waals surface area contributed by atoms with Gasteiger partial charge in [0, 0.05) is 11.1 Å².